The third kappa shape index (κ3) is 4.00. The zero-order valence-electron chi connectivity index (χ0n) is 10.5. The van der Waals surface area contributed by atoms with Crippen molar-refractivity contribution in [2.45, 2.75) is 52.9 Å². The van der Waals surface area contributed by atoms with Gasteiger partial charge in [-0.25, -0.2) is 0 Å². The quantitative estimate of drug-likeness (QED) is 0.621. The number of hydrogen-bond acceptors (Lipinski definition) is 1. The molecule has 1 saturated heterocycles. The van der Waals surface area contributed by atoms with E-state index in [2.05, 4.69) is 32.7 Å². The van der Waals surface area contributed by atoms with Crippen molar-refractivity contribution < 1.29 is 0 Å². The third-order valence-electron chi connectivity index (χ3n) is 3.67. The number of piperidine rings is 1. The second kappa shape index (κ2) is 5.16. The van der Waals surface area contributed by atoms with Gasteiger partial charge in [-0.2, -0.15) is 0 Å². The smallest absolute Gasteiger partial charge is 0.00347 e. The van der Waals surface area contributed by atoms with E-state index in [0.717, 1.165) is 5.92 Å². The highest BCUT2D eigenvalue weighted by molar-refractivity contribution is 4.84. The predicted molar refractivity (Wildman–Crippen MR) is 63.5 cm³/mol. The summed E-state index contributed by atoms with van der Waals surface area (Å²) in [7, 11) is 2.24. The summed E-state index contributed by atoms with van der Waals surface area (Å²) in [4.78, 5) is 2.46. The lowest BCUT2D eigenvalue weighted by molar-refractivity contribution is 0.0804. The van der Waals surface area contributed by atoms with Gasteiger partial charge in [-0.1, -0.05) is 40.0 Å². The lowest BCUT2D eigenvalue weighted by atomic mass is 9.73. The van der Waals surface area contributed by atoms with Gasteiger partial charge >= 0.3 is 0 Å². The average molecular weight is 197 g/mol. The minimum absolute atomic E-state index is 0.576. The third-order valence-corrected chi connectivity index (χ3v) is 3.67. The molecule has 1 heterocycles. The Morgan fingerprint density at radius 2 is 1.64 bits per heavy atom. The fourth-order valence-electron chi connectivity index (χ4n) is 2.00. The van der Waals surface area contributed by atoms with E-state index < -0.39 is 0 Å². The molecule has 1 aliphatic carbocycles. The molecule has 1 aliphatic heterocycles. The van der Waals surface area contributed by atoms with Crippen LogP contribution in [-0.2, 0) is 0 Å². The van der Waals surface area contributed by atoms with Crippen LogP contribution in [0, 0.1) is 11.3 Å². The van der Waals surface area contributed by atoms with Crippen LogP contribution in [0.5, 0.6) is 0 Å². The zero-order chi connectivity index (χ0) is 10.6. The van der Waals surface area contributed by atoms with Gasteiger partial charge in [0.25, 0.3) is 0 Å². The first-order valence-electron chi connectivity index (χ1n) is 6.23. The van der Waals surface area contributed by atoms with Gasteiger partial charge in [-0.05, 0) is 37.8 Å². The second-order valence-corrected chi connectivity index (χ2v) is 5.71. The van der Waals surface area contributed by atoms with E-state index in [-0.39, 0.29) is 0 Å². The van der Waals surface area contributed by atoms with Gasteiger partial charge in [-0.3, -0.25) is 0 Å². The van der Waals surface area contributed by atoms with Crippen LogP contribution in [0.2, 0.25) is 0 Å². The molecule has 0 aromatic heterocycles. The van der Waals surface area contributed by atoms with Crippen molar-refractivity contribution in [2.75, 3.05) is 20.1 Å². The molecular weight excluding hydrogens is 170 g/mol. The molecular formula is C13H27N. The van der Waals surface area contributed by atoms with E-state index in [1.807, 2.05) is 0 Å². The van der Waals surface area contributed by atoms with Gasteiger partial charge in [0.05, 0.1) is 0 Å². The van der Waals surface area contributed by atoms with Gasteiger partial charge in [0.15, 0.2) is 0 Å². The Kier molecular flexibility index (Phi) is 4.43. The van der Waals surface area contributed by atoms with Crippen LogP contribution in [0.15, 0.2) is 0 Å². The normalized spacial score (nSPS) is 32.4. The van der Waals surface area contributed by atoms with Crippen LogP contribution in [-0.4, -0.2) is 25.0 Å². The molecule has 1 heteroatoms. The maximum Gasteiger partial charge on any atom is 0.00347 e. The minimum atomic E-state index is 0.576. The van der Waals surface area contributed by atoms with Gasteiger partial charge in [-0.15, -0.1) is 0 Å². The van der Waals surface area contributed by atoms with Crippen LogP contribution in [0.4, 0.5) is 0 Å². The Morgan fingerprint density at radius 1 is 1.07 bits per heavy atom. The average Bonchev–Trinajstić information content (AvgIpc) is 2.88. The summed E-state index contributed by atoms with van der Waals surface area (Å²) in [6.45, 7) is 9.69. The van der Waals surface area contributed by atoms with E-state index in [4.69, 9.17) is 0 Å². The van der Waals surface area contributed by atoms with Crippen LogP contribution in [0.1, 0.15) is 52.9 Å². The number of hydrogen-bond donors (Lipinski definition) is 0. The number of rotatable bonds is 1. The Hall–Kier alpha value is -0.0400. The van der Waals surface area contributed by atoms with Crippen molar-refractivity contribution in [3.05, 3.63) is 0 Å². The summed E-state index contributed by atoms with van der Waals surface area (Å²) < 4.78 is 0. The van der Waals surface area contributed by atoms with E-state index in [9.17, 15) is 0 Å². The molecule has 2 rings (SSSR count). The minimum Gasteiger partial charge on any atom is -0.306 e. The molecule has 2 aliphatic rings. The van der Waals surface area contributed by atoms with Crippen molar-refractivity contribution in [3.8, 4) is 0 Å². The molecule has 0 radical (unpaired) electrons. The van der Waals surface area contributed by atoms with Crippen molar-refractivity contribution in [3.63, 3.8) is 0 Å². The lowest BCUT2D eigenvalue weighted by Gasteiger charge is -2.41. The number of nitrogens with zero attached hydrogens (tertiary/aromatic N) is 1. The monoisotopic (exact) mass is 197 g/mol. The molecule has 0 N–H and O–H groups in total. The second-order valence-electron chi connectivity index (χ2n) is 5.71. The predicted octanol–water partition coefficient (Wildman–Crippen LogP) is 3.54. The highest BCUT2D eigenvalue weighted by Gasteiger charge is 2.31. The van der Waals surface area contributed by atoms with Gasteiger partial charge < -0.3 is 4.90 Å². The van der Waals surface area contributed by atoms with Crippen LogP contribution in [0.3, 0.4) is 0 Å². The van der Waals surface area contributed by atoms with Crippen molar-refractivity contribution in [2.24, 2.45) is 11.3 Å². The van der Waals surface area contributed by atoms with Crippen LogP contribution < -0.4 is 0 Å². The van der Waals surface area contributed by atoms with Gasteiger partial charge in [0, 0.05) is 6.54 Å². The molecule has 1 atom stereocenters. The maximum atomic E-state index is 2.46. The highest BCUT2D eigenvalue weighted by Crippen LogP contribution is 2.35. The molecule has 84 valence electrons. The molecule has 0 spiro atoms. The first kappa shape index (κ1) is 12.0. The fourth-order valence-corrected chi connectivity index (χ4v) is 2.00. The Labute approximate surface area is 89.9 Å². The molecule has 2 fully saturated rings. The Morgan fingerprint density at radius 3 is 1.93 bits per heavy atom. The summed E-state index contributed by atoms with van der Waals surface area (Å²) in [5.41, 5.74) is 0.576. The highest BCUT2D eigenvalue weighted by atomic mass is 15.1. The maximum absolute atomic E-state index is 2.46. The molecule has 0 amide bonds. The molecule has 0 aromatic carbocycles. The molecule has 0 aromatic rings. The summed E-state index contributed by atoms with van der Waals surface area (Å²) in [5, 5.41) is 0. The molecule has 14 heavy (non-hydrogen) atoms. The summed E-state index contributed by atoms with van der Waals surface area (Å²) in [6, 6.07) is 0. The van der Waals surface area contributed by atoms with Crippen molar-refractivity contribution >= 4 is 0 Å². The van der Waals surface area contributed by atoms with E-state index in [0.29, 0.717) is 5.41 Å². The Balaban J connectivity index is 0.000000276. The van der Waals surface area contributed by atoms with Gasteiger partial charge in [0.1, 0.15) is 0 Å². The first-order chi connectivity index (χ1) is 6.54. The van der Waals surface area contributed by atoms with Crippen LogP contribution >= 0.6 is 0 Å². The van der Waals surface area contributed by atoms with E-state index in [1.165, 1.54) is 45.2 Å². The van der Waals surface area contributed by atoms with E-state index >= 15 is 0 Å². The number of likely N-dealkylation sites (tertiary alicyclic amines) is 1. The van der Waals surface area contributed by atoms with Crippen LogP contribution in [0.25, 0.3) is 0 Å². The molecule has 1 nitrogen and oxygen atoms in total. The largest absolute Gasteiger partial charge is 0.306 e. The lowest BCUT2D eigenvalue weighted by Crippen LogP contribution is -2.42. The molecule has 0 bridgehead atoms. The molecule has 1 saturated carbocycles. The topological polar surface area (TPSA) is 3.24 Å². The molecule has 1 unspecified atom stereocenters. The summed E-state index contributed by atoms with van der Waals surface area (Å²) in [5.74, 6) is 0.824. The Bertz CT molecular complexity index is 160. The van der Waals surface area contributed by atoms with E-state index in [1.54, 1.807) is 0 Å². The standard InChI is InChI=1S/C10H21N.C3H6/c1-9(2)10(3)6-5-7-11(4)8-10;1-2-3-1/h9H,5-8H2,1-4H3;1-3H2. The summed E-state index contributed by atoms with van der Waals surface area (Å²) >= 11 is 0. The first-order valence-corrected chi connectivity index (χ1v) is 6.23. The van der Waals surface area contributed by atoms with Crippen molar-refractivity contribution in [1.82, 2.24) is 4.90 Å². The van der Waals surface area contributed by atoms with Gasteiger partial charge in [0.2, 0.25) is 0 Å². The fraction of sp³-hybridized carbons (Fsp3) is 1.00. The summed E-state index contributed by atoms with van der Waals surface area (Å²) in [6.07, 6.45) is 7.29. The van der Waals surface area contributed by atoms with Crippen molar-refractivity contribution in [1.29, 1.82) is 0 Å². The zero-order valence-corrected chi connectivity index (χ0v) is 10.5. The SMILES string of the molecule is C1CC1.CC(C)C1(C)CCCN(C)C1.